The molecule has 114 valence electrons. The lowest BCUT2D eigenvalue weighted by atomic mass is 10.2. The maximum atomic E-state index is 12.2. The van der Waals surface area contributed by atoms with E-state index in [4.69, 9.17) is 10.5 Å². The molecule has 0 spiro atoms. The molecule has 1 aromatic heterocycles. The SMILES string of the molecule is Nc1cc(OCC(F)(F)F)cc(-n2nc3ccccc3n2)c1. The summed E-state index contributed by atoms with van der Waals surface area (Å²) >= 11 is 0. The van der Waals surface area contributed by atoms with Gasteiger partial charge in [-0.15, -0.1) is 10.2 Å². The van der Waals surface area contributed by atoms with Gasteiger partial charge < -0.3 is 10.5 Å². The van der Waals surface area contributed by atoms with Gasteiger partial charge in [0, 0.05) is 17.8 Å². The molecular formula is C14H11F3N4O. The van der Waals surface area contributed by atoms with Gasteiger partial charge in [0.1, 0.15) is 16.8 Å². The van der Waals surface area contributed by atoms with E-state index in [1.807, 2.05) is 12.1 Å². The van der Waals surface area contributed by atoms with E-state index < -0.39 is 12.8 Å². The Kier molecular flexibility index (Phi) is 3.36. The number of aromatic nitrogens is 3. The molecule has 2 aromatic carbocycles. The van der Waals surface area contributed by atoms with E-state index in [1.165, 1.54) is 16.9 Å². The summed E-state index contributed by atoms with van der Waals surface area (Å²) in [6.45, 7) is -1.38. The molecule has 0 aliphatic carbocycles. The Morgan fingerprint density at radius 2 is 1.68 bits per heavy atom. The maximum absolute atomic E-state index is 12.2. The largest absolute Gasteiger partial charge is 0.484 e. The summed E-state index contributed by atoms with van der Waals surface area (Å²) in [5.74, 6) is 0.00804. The first kappa shape index (κ1) is 14.2. The van der Waals surface area contributed by atoms with Gasteiger partial charge in [0.2, 0.25) is 0 Å². The van der Waals surface area contributed by atoms with Crippen molar-refractivity contribution < 1.29 is 17.9 Å². The third kappa shape index (κ3) is 3.11. The predicted molar refractivity (Wildman–Crippen MR) is 74.8 cm³/mol. The first-order chi connectivity index (χ1) is 10.4. The summed E-state index contributed by atoms with van der Waals surface area (Å²) < 4.78 is 41.4. The molecule has 3 rings (SSSR count). The molecule has 0 bridgehead atoms. The van der Waals surface area contributed by atoms with Crippen LogP contribution in [0, 0.1) is 0 Å². The summed E-state index contributed by atoms with van der Waals surface area (Å²) in [7, 11) is 0. The number of benzene rings is 2. The Morgan fingerprint density at radius 3 is 2.27 bits per heavy atom. The lowest BCUT2D eigenvalue weighted by molar-refractivity contribution is -0.153. The van der Waals surface area contributed by atoms with E-state index in [0.717, 1.165) is 0 Å². The Bertz CT molecular complexity index is 780. The van der Waals surface area contributed by atoms with E-state index in [-0.39, 0.29) is 11.4 Å². The number of fused-ring (bicyclic) bond motifs is 1. The highest BCUT2D eigenvalue weighted by atomic mass is 19.4. The molecule has 0 amide bonds. The molecule has 0 saturated heterocycles. The first-order valence-electron chi connectivity index (χ1n) is 6.33. The van der Waals surface area contributed by atoms with Gasteiger partial charge in [0.25, 0.3) is 0 Å². The summed E-state index contributed by atoms with van der Waals surface area (Å²) in [4.78, 5) is 1.31. The second-order valence-corrected chi connectivity index (χ2v) is 4.64. The zero-order valence-corrected chi connectivity index (χ0v) is 11.2. The van der Waals surface area contributed by atoms with Crippen molar-refractivity contribution in [3.8, 4) is 11.4 Å². The summed E-state index contributed by atoms with van der Waals surface area (Å²) in [6, 6.07) is 11.5. The fourth-order valence-electron chi connectivity index (χ4n) is 1.94. The van der Waals surface area contributed by atoms with Gasteiger partial charge in [-0.2, -0.15) is 18.0 Å². The Labute approximate surface area is 123 Å². The van der Waals surface area contributed by atoms with Gasteiger partial charge in [-0.05, 0) is 18.2 Å². The van der Waals surface area contributed by atoms with E-state index in [9.17, 15) is 13.2 Å². The van der Waals surface area contributed by atoms with Crippen LogP contribution in [0.3, 0.4) is 0 Å². The molecule has 22 heavy (non-hydrogen) atoms. The molecular weight excluding hydrogens is 297 g/mol. The molecule has 0 atom stereocenters. The molecule has 2 N–H and O–H groups in total. The fourth-order valence-corrected chi connectivity index (χ4v) is 1.94. The number of halogens is 3. The highest BCUT2D eigenvalue weighted by Crippen LogP contribution is 2.24. The van der Waals surface area contributed by atoms with Crippen LogP contribution in [0.25, 0.3) is 16.7 Å². The average molecular weight is 308 g/mol. The molecule has 1 heterocycles. The topological polar surface area (TPSA) is 66.0 Å². The lowest BCUT2D eigenvalue weighted by Crippen LogP contribution is -2.19. The zero-order valence-electron chi connectivity index (χ0n) is 11.2. The Balaban J connectivity index is 1.94. The number of ether oxygens (including phenoxy) is 1. The van der Waals surface area contributed by atoms with Crippen LogP contribution in [0.1, 0.15) is 0 Å². The first-order valence-corrected chi connectivity index (χ1v) is 6.33. The van der Waals surface area contributed by atoms with Crippen LogP contribution in [-0.2, 0) is 0 Å². The van der Waals surface area contributed by atoms with Crippen LogP contribution in [0.15, 0.2) is 42.5 Å². The highest BCUT2D eigenvalue weighted by Gasteiger charge is 2.28. The predicted octanol–water partition coefficient (Wildman–Crippen LogP) is 2.94. The van der Waals surface area contributed by atoms with Crippen molar-refractivity contribution in [1.29, 1.82) is 0 Å². The molecule has 0 unspecified atom stereocenters. The molecule has 0 aliphatic rings. The van der Waals surface area contributed by atoms with Gasteiger partial charge in [-0.25, -0.2) is 0 Å². The van der Waals surface area contributed by atoms with Crippen LogP contribution >= 0.6 is 0 Å². The van der Waals surface area contributed by atoms with Crippen molar-refractivity contribution >= 4 is 16.7 Å². The molecule has 0 aliphatic heterocycles. The minimum absolute atomic E-state index is 0.00804. The van der Waals surface area contributed by atoms with Crippen molar-refractivity contribution in [2.24, 2.45) is 0 Å². The lowest BCUT2D eigenvalue weighted by Gasteiger charge is -2.11. The quantitative estimate of drug-likeness (QED) is 0.756. The second-order valence-electron chi connectivity index (χ2n) is 4.64. The molecule has 5 nitrogen and oxygen atoms in total. The number of nitrogens with zero attached hydrogens (tertiary/aromatic N) is 3. The van der Waals surface area contributed by atoms with Crippen molar-refractivity contribution in [2.45, 2.75) is 6.18 Å². The minimum Gasteiger partial charge on any atom is -0.484 e. The maximum Gasteiger partial charge on any atom is 0.422 e. The molecule has 0 fully saturated rings. The van der Waals surface area contributed by atoms with E-state index in [1.54, 1.807) is 18.2 Å². The standard InChI is InChI=1S/C14H11F3N4O/c15-14(16,17)8-22-11-6-9(18)5-10(7-11)21-19-12-3-1-2-4-13(12)20-21/h1-7H,8,18H2. The van der Waals surface area contributed by atoms with Crippen molar-refractivity contribution in [3.63, 3.8) is 0 Å². The number of hydrogen-bond acceptors (Lipinski definition) is 4. The number of alkyl halides is 3. The van der Waals surface area contributed by atoms with Gasteiger partial charge in [0.05, 0.1) is 5.69 Å². The summed E-state index contributed by atoms with van der Waals surface area (Å²) in [6.07, 6.45) is -4.41. The van der Waals surface area contributed by atoms with Crippen LogP contribution in [-0.4, -0.2) is 27.8 Å². The van der Waals surface area contributed by atoms with E-state index in [0.29, 0.717) is 16.7 Å². The van der Waals surface area contributed by atoms with Crippen LogP contribution in [0.5, 0.6) is 5.75 Å². The molecule has 0 radical (unpaired) electrons. The summed E-state index contributed by atoms with van der Waals surface area (Å²) in [5.41, 5.74) is 7.72. The Morgan fingerprint density at radius 1 is 1.05 bits per heavy atom. The van der Waals surface area contributed by atoms with Crippen LogP contribution in [0.2, 0.25) is 0 Å². The van der Waals surface area contributed by atoms with Crippen molar-refractivity contribution in [2.75, 3.05) is 12.3 Å². The zero-order chi connectivity index (χ0) is 15.7. The fraction of sp³-hybridized carbons (Fsp3) is 0.143. The third-order valence-corrected chi connectivity index (χ3v) is 2.83. The summed E-state index contributed by atoms with van der Waals surface area (Å²) in [5, 5.41) is 8.49. The highest BCUT2D eigenvalue weighted by molar-refractivity contribution is 5.73. The van der Waals surface area contributed by atoms with Crippen molar-refractivity contribution in [1.82, 2.24) is 15.0 Å². The number of hydrogen-bond donors (Lipinski definition) is 1. The van der Waals surface area contributed by atoms with E-state index in [2.05, 4.69) is 10.2 Å². The third-order valence-electron chi connectivity index (χ3n) is 2.83. The number of anilines is 1. The number of nitrogen functional groups attached to an aromatic ring is 1. The van der Waals surface area contributed by atoms with Gasteiger partial charge in [0.15, 0.2) is 6.61 Å². The van der Waals surface area contributed by atoms with Crippen LogP contribution < -0.4 is 10.5 Å². The average Bonchev–Trinajstić information content (AvgIpc) is 2.88. The van der Waals surface area contributed by atoms with Gasteiger partial charge in [-0.3, -0.25) is 0 Å². The van der Waals surface area contributed by atoms with Crippen LogP contribution in [0.4, 0.5) is 18.9 Å². The smallest absolute Gasteiger partial charge is 0.422 e. The number of nitrogens with two attached hydrogens (primary N) is 1. The molecule has 0 saturated carbocycles. The Hall–Kier alpha value is -2.77. The molecule has 8 heteroatoms. The number of rotatable bonds is 3. The van der Waals surface area contributed by atoms with Gasteiger partial charge in [-0.1, -0.05) is 12.1 Å². The monoisotopic (exact) mass is 308 g/mol. The van der Waals surface area contributed by atoms with Crippen molar-refractivity contribution in [3.05, 3.63) is 42.5 Å². The molecule has 3 aromatic rings. The second kappa shape index (κ2) is 5.21. The minimum atomic E-state index is -4.41. The van der Waals surface area contributed by atoms with Gasteiger partial charge >= 0.3 is 6.18 Å². The normalized spacial score (nSPS) is 11.8. The van der Waals surface area contributed by atoms with E-state index >= 15 is 0 Å².